The molecule has 8 heteroatoms. The number of thiophene rings is 1. The van der Waals surface area contributed by atoms with Crippen LogP contribution >= 0.6 is 11.3 Å². The van der Waals surface area contributed by atoms with Gasteiger partial charge in [-0.3, -0.25) is 4.72 Å². The zero-order chi connectivity index (χ0) is 14.8. The van der Waals surface area contributed by atoms with Crippen molar-refractivity contribution in [1.29, 1.82) is 0 Å². The molecule has 1 aromatic heterocycles. The van der Waals surface area contributed by atoms with E-state index >= 15 is 0 Å². The molecule has 108 valence electrons. The standard InChI is InChI=1S/C12H12F2N2O2S2/c1-15-6-9-5-10(7-19-9)20(17,18)16-12-4-8(13)2-3-11(12)14/h2-5,7,15-16H,6H2,1H3. The summed E-state index contributed by atoms with van der Waals surface area (Å²) in [5.74, 6) is -1.55. The smallest absolute Gasteiger partial charge is 0.262 e. The molecular formula is C12H12F2N2O2S2. The van der Waals surface area contributed by atoms with Crippen LogP contribution in [0.15, 0.2) is 34.5 Å². The molecule has 0 aliphatic heterocycles. The molecule has 2 rings (SSSR count). The van der Waals surface area contributed by atoms with E-state index in [0.717, 1.165) is 23.1 Å². The largest absolute Gasteiger partial charge is 0.315 e. The zero-order valence-electron chi connectivity index (χ0n) is 10.5. The molecule has 0 atom stereocenters. The third-order valence-corrected chi connectivity index (χ3v) is 4.89. The fraction of sp³-hybridized carbons (Fsp3) is 0.167. The van der Waals surface area contributed by atoms with Crippen molar-refractivity contribution in [2.45, 2.75) is 11.4 Å². The van der Waals surface area contributed by atoms with Crippen LogP contribution in [0.4, 0.5) is 14.5 Å². The first-order valence-corrected chi connectivity index (χ1v) is 7.98. The summed E-state index contributed by atoms with van der Waals surface area (Å²) in [5.41, 5.74) is -0.411. The topological polar surface area (TPSA) is 58.2 Å². The second kappa shape index (κ2) is 5.86. The molecule has 0 spiro atoms. The molecule has 1 heterocycles. The predicted octanol–water partition coefficient (Wildman–Crippen LogP) is 2.55. The maximum Gasteiger partial charge on any atom is 0.262 e. The van der Waals surface area contributed by atoms with Crippen molar-refractivity contribution in [2.24, 2.45) is 0 Å². The molecule has 0 fully saturated rings. The first-order valence-electron chi connectivity index (χ1n) is 5.62. The lowest BCUT2D eigenvalue weighted by Gasteiger charge is -2.07. The van der Waals surface area contributed by atoms with Gasteiger partial charge in [0.15, 0.2) is 0 Å². The molecule has 0 aliphatic rings. The van der Waals surface area contributed by atoms with Gasteiger partial charge >= 0.3 is 0 Å². The fourth-order valence-corrected chi connectivity index (χ4v) is 3.89. The maximum absolute atomic E-state index is 13.4. The molecule has 0 saturated heterocycles. The molecular weight excluding hydrogens is 306 g/mol. The Morgan fingerprint density at radius 1 is 1.25 bits per heavy atom. The quantitative estimate of drug-likeness (QED) is 0.891. The summed E-state index contributed by atoms with van der Waals surface area (Å²) < 4.78 is 52.6. The van der Waals surface area contributed by atoms with Gasteiger partial charge in [-0.2, -0.15) is 0 Å². The molecule has 0 radical (unpaired) electrons. The first-order chi connectivity index (χ1) is 9.42. The highest BCUT2D eigenvalue weighted by molar-refractivity contribution is 7.92. The Balaban J connectivity index is 2.28. The number of rotatable bonds is 5. The summed E-state index contributed by atoms with van der Waals surface area (Å²) in [6, 6.07) is 4.07. The van der Waals surface area contributed by atoms with Crippen LogP contribution in [0.25, 0.3) is 0 Å². The van der Waals surface area contributed by atoms with Gasteiger partial charge in [0.05, 0.1) is 10.6 Å². The van der Waals surface area contributed by atoms with Crippen molar-refractivity contribution in [1.82, 2.24) is 5.32 Å². The molecule has 0 unspecified atom stereocenters. The molecule has 0 aliphatic carbocycles. The first kappa shape index (κ1) is 14.9. The summed E-state index contributed by atoms with van der Waals surface area (Å²) in [7, 11) is -2.18. The number of hydrogen-bond donors (Lipinski definition) is 2. The van der Waals surface area contributed by atoms with Crippen molar-refractivity contribution < 1.29 is 17.2 Å². The van der Waals surface area contributed by atoms with Crippen LogP contribution in [0, 0.1) is 11.6 Å². The van der Waals surface area contributed by atoms with Gasteiger partial charge in [-0.25, -0.2) is 17.2 Å². The maximum atomic E-state index is 13.4. The van der Waals surface area contributed by atoms with Gasteiger partial charge in [0, 0.05) is 22.9 Å². The number of hydrogen-bond acceptors (Lipinski definition) is 4. The minimum atomic E-state index is -3.92. The van der Waals surface area contributed by atoms with Crippen LogP contribution in [-0.2, 0) is 16.6 Å². The average molecular weight is 318 g/mol. The molecule has 4 nitrogen and oxygen atoms in total. The molecule has 0 bridgehead atoms. The summed E-state index contributed by atoms with van der Waals surface area (Å²) in [6.07, 6.45) is 0. The van der Waals surface area contributed by atoms with E-state index in [9.17, 15) is 17.2 Å². The highest BCUT2D eigenvalue weighted by Crippen LogP contribution is 2.23. The lowest BCUT2D eigenvalue weighted by molar-refractivity contribution is 0.594. The van der Waals surface area contributed by atoms with Gasteiger partial charge in [-0.15, -0.1) is 11.3 Å². The highest BCUT2D eigenvalue weighted by atomic mass is 32.2. The number of halogens is 2. The van der Waals surface area contributed by atoms with Crippen molar-refractivity contribution in [3.05, 3.63) is 46.2 Å². The van der Waals surface area contributed by atoms with E-state index in [1.54, 1.807) is 7.05 Å². The Bertz CT molecular complexity index is 714. The lowest BCUT2D eigenvalue weighted by Crippen LogP contribution is -2.13. The third kappa shape index (κ3) is 3.33. The molecule has 0 saturated carbocycles. The lowest BCUT2D eigenvalue weighted by atomic mass is 10.3. The number of anilines is 1. The van der Waals surface area contributed by atoms with E-state index in [1.165, 1.54) is 22.8 Å². The van der Waals surface area contributed by atoms with Gasteiger partial charge in [-0.05, 0) is 25.2 Å². The van der Waals surface area contributed by atoms with Gasteiger partial charge in [-0.1, -0.05) is 0 Å². The normalized spacial score (nSPS) is 11.6. The molecule has 20 heavy (non-hydrogen) atoms. The van der Waals surface area contributed by atoms with E-state index in [4.69, 9.17) is 0 Å². The zero-order valence-corrected chi connectivity index (χ0v) is 12.1. The van der Waals surface area contributed by atoms with E-state index < -0.39 is 27.3 Å². The summed E-state index contributed by atoms with van der Waals surface area (Å²) in [4.78, 5) is 0.851. The van der Waals surface area contributed by atoms with Crippen LogP contribution in [0.2, 0.25) is 0 Å². The van der Waals surface area contributed by atoms with E-state index in [2.05, 4.69) is 5.32 Å². The van der Waals surface area contributed by atoms with Crippen molar-refractivity contribution in [2.75, 3.05) is 11.8 Å². The Hall–Kier alpha value is -1.51. The van der Waals surface area contributed by atoms with Gasteiger partial charge in [0.25, 0.3) is 10.0 Å². The van der Waals surface area contributed by atoms with Crippen LogP contribution in [0.3, 0.4) is 0 Å². The number of nitrogens with one attached hydrogen (secondary N) is 2. The van der Waals surface area contributed by atoms with E-state index in [0.29, 0.717) is 6.54 Å². The Morgan fingerprint density at radius 2 is 2.00 bits per heavy atom. The van der Waals surface area contributed by atoms with Crippen LogP contribution in [0.5, 0.6) is 0 Å². The van der Waals surface area contributed by atoms with Crippen LogP contribution < -0.4 is 10.0 Å². The van der Waals surface area contributed by atoms with Gasteiger partial charge in [0.2, 0.25) is 0 Å². The van der Waals surface area contributed by atoms with Crippen molar-refractivity contribution in [3.8, 4) is 0 Å². The van der Waals surface area contributed by atoms with Crippen LogP contribution in [-0.4, -0.2) is 15.5 Å². The van der Waals surface area contributed by atoms with Crippen LogP contribution in [0.1, 0.15) is 4.88 Å². The molecule has 1 aromatic carbocycles. The third-order valence-electron chi connectivity index (χ3n) is 2.46. The SMILES string of the molecule is CNCc1cc(S(=O)(=O)Nc2cc(F)ccc2F)cs1. The average Bonchev–Trinajstić information content (AvgIpc) is 2.83. The minimum Gasteiger partial charge on any atom is -0.315 e. The molecule has 2 aromatic rings. The van der Waals surface area contributed by atoms with E-state index in [1.807, 2.05) is 4.72 Å². The minimum absolute atomic E-state index is 0.0245. The monoisotopic (exact) mass is 318 g/mol. The Labute approximate surface area is 119 Å². The Morgan fingerprint density at radius 3 is 2.70 bits per heavy atom. The number of benzene rings is 1. The molecule has 2 N–H and O–H groups in total. The second-order valence-electron chi connectivity index (χ2n) is 4.01. The van der Waals surface area contributed by atoms with Gasteiger partial charge in [0.1, 0.15) is 11.6 Å². The van der Waals surface area contributed by atoms with Gasteiger partial charge < -0.3 is 5.32 Å². The molecule has 0 amide bonds. The summed E-state index contributed by atoms with van der Waals surface area (Å²) in [5, 5.41) is 4.35. The second-order valence-corrected chi connectivity index (χ2v) is 6.69. The van der Waals surface area contributed by atoms with E-state index in [-0.39, 0.29) is 4.90 Å². The summed E-state index contributed by atoms with van der Waals surface area (Å²) >= 11 is 1.27. The summed E-state index contributed by atoms with van der Waals surface area (Å²) in [6.45, 7) is 0.536. The predicted molar refractivity (Wildman–Crippen MR) is 74.2 cm³/mol. The Kier molecular flexibility index (Phi) is 4.36. The highest BCUT2D eigenvalue weighted by Gasteiger charge is 2.18. The fourth-order valence-electron chi connectivity index (χ4n) is 1.55. The van der Waals surface area contributed by atoms with Crippen molar-refractivity contribution in [3.63, 3.8) is 0 Å². The number of sulfonamides is 1. The van der Waals surface area contributed by atoms with Crippen molar-refractivity contribution >= 4 is 27.0 Å².